The summed E-state index contributed by atoms with van der Waals surface area (Å²) in [5.41, 5.74) is 0.198. The molecular formula is C17H16FN3O2S. The topological polar surface area (TPSA) is 75.0 Å². The van der Waals surface area contributed by atoms with Crippen molar-refractivity contribution in [3.05, 3.63) is 51.7 Å². The molecule has 0 radical (unpaired) electrons. The normalized spacial score (nSPS) is 16.3. The number of hydrogen-bond acceptors (Lipinski definition) is 5. The van der Waals surface area contributed by atoms with Crippen molar-refractivity contribution >= 4 is 17.2 Å². The van der Waals surface area contributed by atoms with Gasteiger partial charge < -0.3 is 10.1 Å². The van der Waals surface area contributed by atoms with Gasteiger partial charge in [0.1, 0.15) is 17.1 Å². The van der Waals surface area contributed by atoms with E-state index in [4.69, 9.17) is 4.74 Å². The lowest BCUT2D eigenvalue weighted by Crippen LogP contribution is -2.51. The first kappa shape index (κ1) is 16.6. The van der Waals surface area contributed by atoms with Crippen molar-refractivity contribution in [2.24, 2.45) is 0 Å². The van der Waals surface area contributed by atoms with E-state index in [1.165, 1.54) is 23.5 Å². The minimum atomic E-state index is -0.887. The molecule has 124 valence electrons. The average Bonchev–Trinajstić information content (AvgIpc) is 3.04. The van der Waals surface area contributed by atoms with Crippen molar-refractivity contribution in [1.82, 2.24) is 10.3 Å². The molecular weight excluding hydrogens is 329 g/mol. The van der Waals surface area contributed by atoms with E-state index in [0.717, 1.165) is 10.6 Å². The molecule has 24 heavy (non-hydrogen) atoms. The molecule has 1 N–H and O–H groups in total. The predicted octanol–water partition coefficient (Wildman–Crippen LogP) is 2.68. The number of thiazole rings is 1. The number of hydrogen-bond donors (Lipinski definition) is 1. The maximum absolute atomic E-state index is 13.2. The second-order valence-corrected chi connectivity index (χ2v) is 6.64. The summed E-state index contributed by atoms with van der Waals surface area (Å²) in [5.74, 6) is -0.655. The van der Waals surface area contributed by atoms with Crippen LogP contribution in [0.4, 0.5) is 4.39 Å². The molecule has 0 unspecified atom stereocenters. The molecule has 1 aromatic carbocycles. The highest BCUT2D eigenvalue weighted by Crippen LogP contribution is 2.21. The van der Waals surface area contributed by atoms with Gasteiger partial charge in [0, 0.05) is 37.9 Å². The molecule has 1 aliphatic rings. The van der Waals surface area contributed by atoms with Crippen molar-refractivity contribution in [2.45, 2.75) is 24.8 Å². The van der Waals surface area contributed by atoms with Gasteiger partial charge in [-0.15, -0.1) is 11.3 Å². The van der Waals surface area contributed by atoms with Crippen molar-refractivity contribution in [1.29, 1.82) is 5.26 Å². The lowest BCUT2D eigenvalue weighted by Gasteiger charge is -2.31. The van der Waals surface area contributed by atoms with Gasteiger partial charge in [0.15, 0.2) is 0 Å². The summed E-state index contributed by atoms with van der Waals surface area (Å²) < 4.78 is 18.5. The van der Waals surface area contributed by atoms with Gasteiger partial charge in [-0.2, -0.15) is 5.26 Å². The number of nitrogens with one attached hydrogen (secondary N) is 1. The molecule has 7 heteroatoms. The first-order chi connectivity index (χ1) is 11.6. The van der Waals surface area contributed by atoms with Crippen molar-refractivity contribution in [3.8, 4) is 6.07 Å². The number of nitriles is 1. The number of benzene rings is 1. The third-order valence-electron chi connectivity index (χ3n) is 3.94. The van der Waals surface area contributed by atoms with E-state index in [1.54, 1.807) is 11.4 Å². The van der Waals surface area contributed by atoms with E-state index < -0.39 is 5.54 Å². The predicted molar refractivity (Wildman–Crippen MR) is 87.2 cm³/mol. The van der Waals surface area contributed by atoms with Crippen LogP contribution in [0.15, 0.2) is 29.6 Å². The van der Waals surface area contributed by atoms with Gasteiger partial charge >= 0.3 is 0 Å². The summed E-state index contributed by atoms with van der Waals surface area (Å²) in [6, 6.07) is 8.50. The molecule has 1 aromatic heterocycles. The van der Waals surface area contributed by atoms with Gasteiger partial charge in [-0.25, -0.2) is 9.37 Å². The maximum atomic E-state index is 13.2. The molecule has 2 heterocycles. The minimum absolute atomic E-state index is 0.285. The highest BCUT2D eigenvalue weighted by Gasteiger charge is 2.35. The lowest BCUT2D eigenvalue weighted by molar-refractivity contribution is 0.0530. The molecule has 0 aliphatic carbocycles. The van der Waals surface area contributed by atoms with Crippen molar-refractivity contribution in [3.63, 3.8) is 0 Å². The molecule has 0 spiro atoms. The van der Waals surface area contributed by atoms with Crippen LogP contribution < -0.4 is 5.32 Å². The summed E-state index contributed by atoms with van der Waals surface area (Å²) >= 11 is 1.35. The molecule has 0 bridgehead atoms. The number of amides is 1. The van der Waals surface area contributed by atoms with Crippen LogP contribution in [-0.2, 0) is 11.2 Å². The minimum Gasteiger partial charge on any atom is -0.381 e. The maximum Gasteiger partial charge on any atom is 0.272 e. The Bertz CT molecular complexity index is 778. The molecule has 1 amide bonds. The summed E-state index contributed by atoms with van der Waals surface area (Å²) in [6.45, 7) is 0.908. The molecule has 5 nitrogen and oxygen atoms in total. The van der Waals surface area contributed by atoms with Crippen molar-refractivity contribution in [2.75, 3.05) is 13.2 Å². The van der Waals surface area contributed by atoms with E-state index in [9.17, 15) is 14.4 Å². The van der Waals surface area contributed by atoms with Gasteiger partial charge in [-0.3, -0.25) is 4.79 Å². The third-order valence-corrected chi connectivity index (χ3v) is 4.79. The van der Waals surface area contributed by atoms with Crippen molar-refractivity contribution < 1.29 is 13.9 Å². The SMILES string of the molecule is N#CC1(NC(=O)c2csc(Cc3cccc(F)c3)n2)CCOCC1. The Labute approximate surface area is 143 Å². The summed E-state index contributed by atoms with van der Waals surface area (Å²) in [7, 11) is 0. The number of nitrogens with zero attached hydrogens (tertiary/aromatic N) is 2. The standard InChI is InChI=1S/C17H16FN3O2S/c18-13-3-1-2-12(8-13)9-15-20-14(10-24-15)16(22)21-17(11-19)4-6-23-7-5-17/h1-3,8,10H,4-7,9H2,(H,21,22). The molecule has 0 atom stereocenters. The molecule has 1 fully saturated rings. The zero-order chi connectivity index (χ0) is 17.0. The Hall–Kier alpha value is -2.30. The largest absolute Gasteiger partial charge is 0.381 e. The Morgan fingerprint density at radius 2 is 2.25 bits per heavy atom. The third kappa shape index (κ3) is 3.78. The van der Waals surface area contributed by atoms with Crippen LogP contribution >= 0.6 is 11.3 Å². The van der Waals surface area contributed by atoms with Gasteiger partial charge in [0.25, 0.3) is 5.91 Å². The monoisotopic (exact) mass is 345 g/mol. The molecule has 1 saturated heterocycles. The Balaban J connectivity index is 1.68. The van der Waals surface area contributed by atoms with E-state index in [-0.39, 0.29) is 17.4 Å². The van der Waals surface area contributed by atoms with Crippen LogP contribution in [0, 0.1) is 17.1 Å². The van der Waals surface area contributed by atoms with Crippen LogP contribution in [0.25, 0.3) is 0 Å². The number of carbonyl (C=O) groups is 1. The number of aromatic nitrogens is 1. The number of ether oxygens (including phenoxy) is 1. The van der Waals surface area contributed by atoms with Crippen LogP contribution in [-0.4, -0.2) is 29.6 Å². The first-order valence-electron chi connectivity index (χ1n) is 7.61. The quantitative estimate of drug-likeness (QED) is 0.924. The average molecular weight is 345 g/mol. The fourth-order valence-corrected chi connectivity index (χ4v) is 3.39. The summed E-state index contributed by atoms with van der Waals surface area (Å²) in [5, 5.41) is 14.6. The highest BCUT2D eigenvalue weighted by molar-refractivity contribution is 7.09. The Morgan fingerprint density at radius 1 is 1.46 bits per heavy atom. The Kier molecular flexibility index (Phi) is 4.88. The zero-order valence-corrected chi connectivity index (χ0v) is 13.7. The van der Waals surface area contributed by atoms with Crippen LogP contribution in [0.5, 0.6) is 0 Å². The molecule has 1 aliphatic heterocycles. The van der Waals surface area contributed by atoms with E-state index in [0.29, 0.717) is 32.5 Å². The van der Waals surface area contributed by atoms with E-state index in [1.807, 2.05) is 6.07 Å². The number of rotatable bonds is 4. The van der Waals surface area contributed by atoms with E-state index >= 15 is 0 Å². The zero-order valence-electron chi connectivity index (χ0n) is 12.9. The second kappa shape index (κ2) is 7.07. The van der Waals surface area contributed by atoms with Gasteiger partial charge in [-0.1, -0.05) is 12.1 Å². The fourth-order valence-electron chi connectivity index (χ4n) is 2.58. The highest BCUT2D eigenvalue weighted by atomic mass is 32.1. The smallest absolute Gasteiger partial charge is 0.272 e. The summed E-state index contributed by atoms with van der Waals surface area (Å²) in [4.78, 5) is 16.7. The van der Waals surface area contributed by atoms with Gasteiger partial charge in [0.05, 0.1) is 11.1 Å². The number of halogens is 1. The lowest BCUT2D eigenvalue weighted by atomic mass is 9.91. The van der Waals surface area contributed by atoms with Crippen LogP contribution in [0.2, 0.25) is 0 Å². The van der Waals surface area contributed by atoms with Crippen LogP contribution in [0.1, 0.15) is 33.9 Å². The fraction of sp³-hybridized carbons (Fsp3) is 0.353. The van der Waals surface area contributed by atoms with Gasteiger partial charge in [-0.05, 0) is 17.7 Å². The van der Waals surface area contributed by atoms with Crippen LogP contribution in [0.3, 0.4) is 0 Å². The Morgan fingerprint density at radius 3 is 2.96 bits per heavy atom. The second-order valence-electron chi connectivity index (χ2n) is 5.69. The molecule has 3 rings (SSSR count). The van der Waals surface area contributed by atoms with E-state index in [2.05, 4.69) is 16.4 Å². The molecule has 2 aromatic rings. The summed E-state index contributed by atoms with van der Waals surface area (Å²) in [6.07, 6.45) is 1.40. The number of carbonyl (C=O) groups excluding carboxylic acids is 1. The first-order valence-corrected chi connectivity index (χ1v) is 8.49. The molecule has 0 saturated carbocycles. The van der Waals surface area contributed by atoms with Gasteiger partial charge in [0.2, 0.25) is 0 Å².